The molecule has 0 spiro atoms. The number of amides is 1. The zero-order valence-electron chi connectivity index (χ0n) is 13.8. The van der Waals surface area contributed by atoms with E-state index in [0.717, 1.165) is 12.0 Å². The number of aryl methyl sites for hydroxylation is 2. The van der Waals surface area contributed by atoms with Gasteiger partial charge in [0.2, 0.25) is 0 Å². The van der Waals surface area contributed by atoms with Crippen molar-refractivity contribution in [3.8, 4) is 0 Å². The Morgan fingerprint density at radius 2 is 2.13 bits per heavy atom. The molecule has 6 nitrogen and oxygen atoms in total. The second kappa shape index (κ2) is 5.53. The van der Waals surface area contributed by atoms with Crippen molar-refractivity contribution in [2.24, 2.45) is 7.05 Å². The van der Waals surface area contributed by atoms with Crippen molar-refractivity contribution in [2.75, 3.05) is 0 Å². The van der Waals surface area contributed by atoms with Gasteiger partial charge in [-0.3, -0.25) is 14.0 Å². The molecule has 0 radical (unpaired) electrons. The third-order valence-corrected chi connectivity index (χ3v) is 4.17. The van der Waals surface area contributed by atoms with Gasteiger partial charge in [-0.15, -0.1) is 0 Å². The average molecular weight is 312 g/mol. The minimum atomic E-state index is -0.190. The second-order valence-electron chi connectivity index (χ2n) is 5.96. The summed E-state index contributed by atoms with van der Waals surface area (Å²) in [5.74, 6) is -0.190. The largest absolute Gasteiger partial charge is 0.348 e. The topological polar surface area (TPSA) is 68.4 Å². The van der Waals surface area contributed by atoms with Crippen molar-refractivity contribution in [3.63, 3.8) is 0 Å². The van der Waals surface area contributed by atoms with Crippen LogP contribution in [0.1, 0.15) is 36.3 Å². The smallest absolute Gasteiger partial charge is 0.268 e. The summed E-state index contributed by atoms with van der Waals surface area (Å²) in [7, 11) is 1.75. The highest BCUT2D eigenvalue weighted by molar-refractivity contribution is 5.98. The normalized spacial score (nSPS) is 12.7. The van der Waals surface area contributed by atoms with Crippen LogP contribution in [0.2, 0.25) is 0 Å². The lowest BCUT2D eigenvalue weighted by Gasteiger charge is -2.11. The Hall–Kier alpha value is -2.63. The zero-order chi connectivity index (χ0) is 16.7. The van der Waals surface area contributed by atoms with E-state index in [2.05, 4.69) is 10.3 Å². The summed E-state index contributed by atoms with van der Waals surface area (Å²) in [4.78, 5) is 29.6. The fourth-order valence-electron chi connectivity index (χ4n) is 2.59. The Bertz CT molecular complexity index is 968. The molecule has 0 saturated heterocycles. The van der Waals surface area contributed by atoms with Crippen LogP contribution < -0.4 is 10.9 Å². The molecule has 3 aromatic rings. The maximum atomic E-state index is 12.7. The maximum absolute atomic E-state index is 12.7. The Kier molecular flexibility index (Phi) is 3.67. The summed E-state index contributed by atoms with van der Waals surface area (Å²) in [5, 5.41) is 3.37. The minimum absolute atomic E-state index is 0.0799. The molecule has 1 N–H and O–H groups in total. The fourth-order valence-corrected chi connectivity index (χ4v) is 2.59. The van der Waals surface area contributed by atoms with Crippen LogP contribution >= 0.6 is 0 Å². The molecule has 0 bridgehead atoms. The van der Waals surface area contributed by atoms with Gasteiger partial charge in [0.05, 0.1) is 5.39 Å². The number of nitrogens with zero attached hydrogens (tertiary/aromatic N) is 3. The summed E-state index contributed by atoms with van der Waals surface area (Å²) >= 11 is 0. The lowest BCUT2D eigenvalue weighted by Crippen LogP contribution is -2.33. The number of nitrogens with one attached hydrogen (secondary N) is 1. The zero-order valence-corrected chi connectivity index (χ0v) is 13.8. The number of hydrogen-bond acceptors (Lipinski definition) is 3. The molecule has 120 valence electrons. The maximum Gasteiger partial charge on any atom is 0.268 e. The van der Waals surface area contributed by atoms with E-state index >= 15 is 0 Å². The lowest BCUT2D eigenvalue weighted by molar-refractivity contribution is 0.0931. The van der Waals surface area contributed by atoms with Crippen LogP contribution in [0.25, 0.3) is 16.7 Å². The Balaban J connectivity index is 2.22. The van der Waals surface area contributed by atoms with Gasteiger partial charge in [-0.1, -0.05) is 13.0 Å². The molecule has 0 aliphatic heterocycles. The van der Waals surface area contributed by atoms with Crippen molar-refractivity contribution < 1.29 is 4.79 Å². The van der Waals surface area contributed by atoms with E-state index in [1.807, 2.05) is 32.9 Å². The van der Waals surface area contributed by atoms with E-state index in [9.17, 15) is 9.59 Å². The van der Waals surface area contributed by atoms with E-state index in [4.69, 9.17) is 0 Å². The standard InChI is InChI=1S/C17H20N4O2/c1-5-11(3)18-16(22)13-8-12-15(20(13)4)19-14-7-6-10(2)9-21(14)17(12)23/h6-9,11H,5H2,1-4H3,(H,18,22). The molecule has 0 aromatic carbocycles. The third kappa shape index (κ3) is 2.50. The van der Waals surface area contributed by atoms with Crippen LogP contribution in [0.4, 0.5) is 0 Å². The highest BCUT2D eigenvalue weighted by atomic mass is 16.2. The van der Waals surface area contributed by atoms with E-state index < -0.39 is 0 Å². The summed E-state index contributed by atoms with van der Waals surface area (Å²) in [6, 6.07) is 5.42. The van der Waals surface area contributed by atoms with Crippen LogP contribution in [0.15, 0.2) is 29.2 Å². The van der Waals surface area contributed by atoms with Crippen molar-refractivity contribution in [1.82, 2.24) is 19.3 Å². The molecule has 23 heavy (non-hydrogen) atoms. The van der Waals surface area contributed by atoms with Crippen molar-refractivity contribution in [1.29, 1.82) is 0 Å². The fraction of sp³-hybridized carbons (Fsp3) is 0.353. The molecule has 1 amide bonds. The number of pyridine rings is 1. The van der Waals surface area contributed by atoms with Crippen LogP contribution in [-0.2, 0) is 7.05 Å². The second-order valence-corrected chi connectivity index (χ2v) is 5.96. The van der Waals surface area contributed by atoms with Gasteiger partial charge in [-0.2, -0.15) is 0 Å². The number of carbonyl (C=O) groups is 1. The predicted molar refractivity (Wildman–Crippen MR) is 89.9 cm³/mol. The number of fused-ring (bicyclic) bond motifs is 2. The van der Waals surface area contributed by atoms with Gasteiger partial charge in [0.25, 0.3) is 11.5 Å². The van der Waals surface area contributed by atoms with E-state index in [0.29, 0.717) is 22.4 Å². The molecule has 0 saturated carbocycles. The van der Waals surface area contributed by atoms with Gasteiger partial charge in [0.15, 0.2) is 0 Å². The highest BCUT2D eigenvalue weighted by Crippen LogP contribution is 2.15. The number of aromatic nitrogens is 3. The molecule has 3 aromatic heterocycles. The van der Waals surface area contributed by atoms with Crippen LogP contribution in [0, 0.1) is 6.92 Å². The molecule has 1 unspecified atom stereocenters. The van der Waals surface area contributed by atoms with Gasteiger partial charge >= 0.3 is 0 Å². The first-order valence-corrected chi connectivity index (χ1v) is 7.71. The molecule has 1 atom stereocenters. The van der Waals surface area contributed by atoms with Gasteiger partial charge in [0.1, 0.15) is 17.0 Å². The van der Waals surface area contributed by atoms with Crippen LogP contribution in [0.5, 0.6) is 0 Å². The SMILES string of the molecule is CCC(C)NC(=O)c1cc2c(=O)n3cc(C)ccc3nc2n1C. The Morgan fingerprint density at radius 1 is 1.39 bits per heavy atom. The monoisotopic (exact) mass is 312 g/mol. The minimum Gasteiger partial charge on any atom is -0.348 e. The molecule has 6 heteroatoms. The van der Waals surface area contributed by atoms with Gasteiger partial charge < -0.3 is 9.88 Å². The first kappa shape index (κ1) is 15.3. The Morgan fingerprint density at radius 3 is 2.83 bits per heavy atom. The lowest BCUT2D eigenvalue weighted by atomic mass is 10.2. The molecule has 0 fully saturated rings. The Labute approximate surface area is 133 Å². The first-order chi connectivity index (χ1) is 10.9. The first-order valence-electron chi connectivity index (χ1n) is 7.71. The van der Waals surface area contributed by atoms with Crippen LogP contribution in [-0.4, -0.2) is 25.9 Å². The van der Waals surface area contributed by atoms with E-state index in [1.165, 1.54) is 4.40 Å². The van der Waals surface area contributed by atoms with Crippen molar-refractivity contribution in [3.05, 3.63) is 46.0 Å². The molecule has 0 aliphatic rings. The molecule has 0 aliphatic carbocycles. The number of carbonyl (C=O) groups excluding carboxylic acids is 1. The summed E-state index contributed by atoms with van der Waals surface area (Å²) in [5.41, 5.74) is 2.35. The molecular formula is C17H20N4O2. The summed E-state index contributed by atoms with van der Waals surface area (Å²) in [6.45, 7) is 5.88. The molecule has 3 heterocycles. The molecular weight excluding hydrogens is 292 g/mol. The van der Waals surface area contributed by atoms with Gasteiger partial charge in [0, 0.05) is 19.3 Å². The van der Waals surface area contributed by atoms with Crippen LogP contribution in [0.3, 0.4) is 0 Å². The van der Waals surface area contributed by atoms with Gasteiger partial charge in [-0.05, 0) is 38.0 Å². The number of hydrogen-bond donors (Lipinski definition) is 1. The van der Waals surface area contributed by atoms with E-state index in [-0.39, 0.29) is 17.5 Å². The molecule has 3 rings (SSSR count). The van der Waals surface area contributed by atoms with Gasteiger partial charge in [-0.25, -0.2) is 4.98 Å². The summed E-state index contributed by atoms with van der Waals surface area (Å²) in [6.07, 6.45) is 2.61. The quantitative estimate of drug-likeness (QED) is 0.804. The summed E-state index contributed by atoms with van der Waals surface area (Å²) < 4.78 is 3.20. The average Bonchev–Trinajstić information content (AvgIpc) is 2.86. The number of rotatable bonds is 3. The highest BCUT2D eigenvalue weighted by Gasteiger charge is 2.18. The van der Waals surface area contributed by atoms with Crippen molar-refractivity contribution in [2.45, 2.75) is 33.2 Å². The van der Waals surface area contributed by atoms with Crippen molar-refractivity contribution >= 4 is 22.6 Å². The van der Waals surface area contributed by atoms with E-state index in [1.54, 1.807) is 23.9 Å². The predicted octanol–water partition coefficient (Wildman–Crippen LogP) is 2.02. The third-order valence-electron chi connectivity index (χ3n) is 4.17.